The highest BCUT2D eigenvalue weighted by Crippen LogP contribution is 2.32. The van der Waals surface area contributed by atoms with E-state index in [1.54, 1.807) is 41.2 Å². The number of aromatic amines is 1. The van der Waals surface area contributed by atoms with Crippen molar-refractivity contribution in [1.82, 2.24) is 14.8 Å². The van der Waals surface area contributed by atoms with E-state index in [1.807, 2.05) is 43.3 Å². The number of ether oxygens (including phenoxy) is 1. The quantitative estimate of drug-likeness (QED) is 0.315. The number of benzene rings is 3. The third-order valence-corrected chi connectivity index (χ3v) is 6.07. The topological polar surface area (TPSA) is 137 Å². The lowest BCUT2D eigenvalue weighted by Crippen LogP contribution is -2.07. The van der Waals surface area contributed by atoms with Crippen LogP contribution in [0.5, 0.6) is 11.5 Å². The molecule has 36 heavy (non-hydrogen) atoms. The Labute approximate surface area is 207 Å². The maximum atomic E-state index is 11.1. The molecule has 5 rings (SSSR count). The first kappa shape index (κ1) is 22.7. The second-order valence-corrected chi connectivity index (χ2v) is 8.43. The first-order valence-electron chi connectivity index (χ1n) is 11.3. The van der Waals surface area contributed by atoms with Crippen molar-refractivity contribution < 1.29 is 9.84 Å². The van der Waals surface area contributed by atoms with E-state index in [1.165, 1.54) is 0 Å². The number of aryl methyl sites for hydroxylation is 1. The molecule has 2 heterocycles. The molecular formula is C28H22N6O2. The van der Waals surface area contributed by atoms with Gasteiger partial charge in [-0.15, -0.1) is 0 Å². The summed E-state index contributed by atoms with van der Waals surface area (Å²) in [5.74, 6) is 1.50. The van der Waals surface area contributed by atoms with Crippen molar-refractivity contribution in [3.8, 4) is 29.3 Å². The van der Waals surface area contributed by atoms with Gasteiger partial charge in [-0.1, -0.05) is 18.2 Å². The molecule has 0 saturated carbocycles. The van der Waals surface area contributed by atoms with Crippen molar-refractivity contribution in [3.05, 3.63) is 101 Å². The molecule has 1 atom stereocenters. The Bertz CT molecular complexity index is 1670. The maximum absolute atomic E-state index is 11.1. The van der Waals surface area contributed by atoms with Gasteiger partial charge in [-0.25, -0.2) is 4.68 Å². The van der Waals surface area contributed by atoms with E-state index in [0.29, 0.717) is 34.1 Å². The number of nitrogens with one attached hydrogen (secondary N) is 1. The van der Waals surface area contributed by atoms with Gasteiger partial charge in [0.1, 0.15) is 23.4 Å². The molecule has 0 spiro atoms. The van der Waals surface area contributed by atoms with Gasteiger partial charge in [0.05, 0.1) is 36.0 Å². The van der Waals surface area contributed by atoms with Crippen LogP contribution >= 0.6 is 0 Å². The molecule has 0 fully saturated rings. The summed E-state index contributed by atoms with van der Waals surface area (Å²) in [6, 6.07) is 24.3. The van der Waals surface area contributed by atoms with Gasteiger partial charge in [-0.3, -0.25) is 0 Å². The van der Waals surface area contributed by atoms with Crippen LogP contribution in [0.1, 0.15) is 34.1 Å². The number of hydrogen-bond donors (Lipinski definition) is 3. The molecule has 1 unspecified atom stereocenters. The van der Waals surface area contributed by atoms with Gasteiger partial charge < -0.3 is 20.6 Å². The Hall–Kier alpha value is -5.05. The molecule has 3 aromatic carbocycles. The van der Waals surface area contributed by atoms with Crippen LogP contribution in [0.4, 0.5) is 5.82 Å². The van der Waals surface area contributed by atoms with Crippen molar-refractivity contribution in [2.24, 2.45) is 0 Å². The molecule has 5 aromatic rings. The number of nitrogens with two attached hydrogens (primary N) is 1. The molecule has 0 aliphatic rings. The van der Waals surface area contributed by atoms with E-state index in [2.05, 4.69) is 22.2 Å². The molecule has 0 radical (unpaired) electrons. The van der Waals surface area contributed by atoms with E-state index in [4.69, 9.17) is 21.0 Å². The highest BCUT2D eigenvalue weighted by molar-refractivity contribution is 5.84. The zero-order valence-corrected chi connectivity index (χ0v) is 19.4. The van der Waals surface area contributed by atoms with Gasteiger partial charge in [0, 0.05) is 22.2 Å². The molecule has 2 aromatic heterocycles. The lowest BCUT2D eigenvalue weighted by Gasteiger charge is -2.13. The lowest BCUT2D eigenvalue weighted by atomic mass is 10.1. The normalized spacial score (nSPS) is 11.7. The number of rotatable bonds is 6. The monoisotopic (exact) mass is 474 g/mol. The minimum absolute atomic E-state index is 0.285. The molecule has 8 heteroatoms. The van der Waals surface area contributed by atoms with Crippen LogP contribution in [0.25, 0.3) is 16.6 Å². The number of nitriles is 2. The smallest absolute Gasteiger partial charge is 0.133 e. The number of fused-ring (bicyclic) bond motifs is 1. The van der Waals surface area contributed by atoms with Crippen molar-refractivity contribution in [2.45, 2.75) is 19.4 Å². The predicted molar refractivity (Wildman–Crippen MR) is 136 cm³/mol. The van der Waals surface area contributed by atoms with Gasteiger partial charge in [0.2, 0.25) is 0 Å². The van der Waals surface area contributed by atoms with E-state index in [-0.39, 0.29) is 6.42 Å². The number of anilines is 1. The number of aliphatic hydroxyl groups excluding tert-OH is 1. The Kier molecular flexibility index (Phi) is 5.87. The summed E-state index contributed by atoms with van der Waals surface area (Å²) in [4.78, 5) is 3.23. The van der Waals surface area contributed by atoms with E-state index >= 15 is 0 Å². The van der Waals surface area contributed by atoms with Crippen molar-refractivity contribution in [1.29, 1.82) is 10.5 Å². The Balaban J connectivity index is 1.42. The first-order valence-corrected chi connectivity index (χ1v) is 11.3. The molecule has 8 nitrogen and oxygen atoms in total. The lowest BCUT2D eigenvalue weighted by molar-refractivity contribution is 0.217. The molecular weight excluding hydrogens is 452 g/mol. The SMILES string of the molecule is Cc1cc(Oc2cccc(C#N)c2)ccc1-n1ncc(C(O)c2cc3c(CC#N)cccc3[nH]2)c1N. The fourth-order valence-electron chi connectivity index (χ4n) is 4.26. The number of H-pyrrole nitrogens is 1. The highest BCUT2D eigenvalue weighted by Gasteiger charge is 2.21. The Morgan fingerprint density at radius 3 is 2.67 bits per heavy atom. The second-order valence-electron chi connectivity index (χ2n) is 8.43. The minimum atomic E-state index is -1.02. The summed E-state index contributed by atoms with van der Waals surface area (Å²) in [6.45, 7) is 1.92. The van der Waals surface area contributed by atoms with Crippen LogP contribution < -0.4 is 10.5 Å². The van der Waals surface area contributed by atoms with Gasteiger partial charge in [0.15, 0.2) is 0 Å². The van der Waals surface area contributed by atoms with Crippen molar-refractivity contribution in [3.63, 3.8) is 0 Å². The Morgan fingerprint density at radius 2 is 1.89 bits per heavy atom. The van der Waals surface area contributed by atoms with Crippen molar-refractivity contribution >= 4 is 16.7 Å². The zero-order valence-electron chi connectivity index (χ0n) is 19.4. The first-order chi connectivity index (χ1) is 17.5. The summed E-state index contributed by atoms with van der Waals surface area (Å²) < 4.78 is 7.48. The van der Waals surface area contributed by atoms with Crippen LogP contribution in [0.15, 0.2) is 72.9 Å². The van der Waals surface area contributed by atoms with Gasteiger partial charge in [-0.2, -0.15) is 15.6 Å². The third-order valence-electron chi connectivity index (χ3n) is 6.07. The molecule has 0 saturated heterocycles. The van der Waals surface area contributed by atoms with E-state index < -0.39 is 6.10 Å². The maximum Gasteiger partial charge on any atom is 0.133 e. The minimum Gasteiger partial charge on any atom is -0.457 e. The number of nitrogen functional groups attached to an aromatic ring is 1. The Morgan fingerprint density at radius 1 is 1.08 bits per heavy atom. The number of aromatic nitrogens is 3. The third kappa shape index (κ3) is 4.14. The van der Waals surface area contributed by atoms with Gasteiger partial charge in [-0.05, 0) is 66.6 Å². The summed E-state index contributed by atoms with van der Waals surface area (Å²) in [5, 5.41) is 34.6. The fraction of sp³-hybridized carbons (Fsp3) is 0.107. The number of aliphatic hydroxyl groups is 1. The summed E-state index contributed by atoms with van der Waals surface area (Å²) in [6.07, 6.45) is 0.823. The summed E-state index contributed by atoms with van der Waals surface area (Å²) >= 11 is 0. The number of nitrogens with zero attached hydrogens (tertiary/aromatic N) is 4. The second kappa shape index (κ2) is 9.30. The molecule has 0 aliphatic heterocycles. The van der Waals surface area contributed by atoms with Crippen LogP contribution in [0.2, 0.25) is 0 Å². The zero-order chi connectivity index (χ0) is 25.2. The van der Waals surface area contributed by atoms with Crippen molar-refractivity contribution in [2.75, 3.05) is 5.73 Å². The van der Waals surface area contributed by atoms with Gasteiger partial charge in [0.25, 0.3) is 0 Å². The average Bonchev–Trinajstić information content (AvgIpc) is 3.49. The van der Waals surface area contributed by atoms with Crippen LogP contribution in [0.3, 0.4) is 0 Å². The summed E-state index contributed by atoms with van der Waals surface area (Å²) in [7, 11) is 0. The van der Waals surface area contributed by atoms with Gasteiger partial charge >= 0.3 is 0 Å². The van der Waals surface area contributed by atoms with E-state index in [9.17, 15) is 5.11 Å². The van der Waals surface area contributed by atoms with Crippen LogP contribution in [-0.4, -0.2) is 19.9 Å². The number of hydrogen-bond acceptors (Lipinski definition) is 6. The fourth-order valence-corrected chi connectivity index (χ4v) is 4.26. The molecule has 0 aliphatic carbocycles. The predicted octanol–water partition coefficient (Wildman–Crippen LogP) is 5.06. The molecule has 0 amide bonds. The standard InChI is InChI=1S/C28H22N6O2/c1-17-12-21(36-20-6-2-4-18(13-20)15-30)8-9-26(17)34-28(31)23(16-32-34)27(35)25-14-22-19(10-11-29)5-3-7-24(22)33-25/h2-9,12-14,16,27,33,35H,10,31H2,1H3. The molecule has 0 bridgehead atoms. The molecule has 4 N–H and O–H groups in total. The van der Waals surface area contributed by atoms with Crippen LogP contribution in [0, 0.1) is 29.6 Å². The summed E-state index contributed by atoms with van der Waals surface area (Å²) in [5.41, 5.74) is 11.3. The van der Waals surface area contributed by atoms with Crippen LogP contribution in [-0.2, 0) is 6.42 Å². The largest absolute Gasteiger partial charge is 0.457 e. The average molecular weight is 475 g/mol. The van der Waals surface area contributed by atoms with E-state index in [0.717, 1.165) is 27.7 Å². The highest BCUT2D eigenvalue weighted by atomic mass is 16.5. The molecule has 176 valence electrons.